The van der Waals surface area contributed by atoms with Gasteiger partial charge in [-0.3, -0.25) is 0 Å². The van der Waals surface area contributed by atoms with Gasteiger partial charge in [-0.15, -0.1) is 0 Å². The Hall–Kier alpha value is -0.980. The molecule has 1 nitrogen and oxygen atoms in total. The lowest BCUT2D eigenvalue weighted by atomic mass is 9.73. The van der Waals surface area contributed by atoms with Crippen molar-refractivity contribution in [3.05, 3.63) is 28.8 Å². The summed E-state index contributed by atoms with van der Waals surface area (Å²) < 4.78 is 0. The van der Waals surface area contributed by atoms with Crippen LogP contribution >= 0.6 is 0 Å². The first-order valence-corrected chi connectivity index (χ1v) is 8.02. The summed E-state index contributed by atoms with van der Waals surface area (Å²) in [5.41, 5.74) is 5.86. The Morgan fingerprint density at radius 1 is 1.11 bits per heavy atom. The predicted molar refractivity (Wildman–Crippen MR) is 82.9 cm³/mol. The summed E-state index contributed by atoms with van der Waals surface area (Å²) >= 11 is 0. The standard InChI is InChI=1S/C18H27N/c1-12-9-13(2)18-16(10-12)17(11-19-18)14(3)15-7-5-4-6-8-15/h9-10,14-15,17,19H,4-8,11H2,1-3H3. The molecule has 0 radical (unpaired) electrons. The van der Waals surface area contributed by atoms with Crippen LogP contribution in [0.4, 0.5) is 5.69 Å². The molecule has 1 N–H and O–H groups in total. The van der Waals surface area contributed by atoms with Gasteiger partial charge in [-0.1, -0.05) is 56.7 Å². The zero-order valence-corrected chi connectivity index (χ0v) is 12.6. The van der Waals surface area contributed by atoms with Crippen molar-refractivity contribution in [3.63, 3.8) is 0 Å². The molecule has 1 saturated carbocycles. The van der Waals surface area contributed by atoms with Crippen LogP contribution in [0.25, 0.3) is 0 Å². The van der Waals surface area contributed by atoms with Gasteiger partial charge in [-0.2, -0.15) is 0 Å². The third-order valence-corrected chi connectivity index (χ3v) is 5.44. The molecular formula is C18H27N. The van der Waals surface area contributed by atoms with Gasteiger partial charge in [0.25, 0.3) is 0 Å². The second-order valence-electron chi connectivity index (χ2n) is 6.79. The zero-order chi connectivity index (χ0) is 13.4. The molecule has 0 spiro atoms. The molecule has 1 aromatic rings. The van der Waals surface area contributed by atoms with Gasteiger partial charge in [0.15, 0.2) is 0 Å². The highest BCUT2D eigenvalue weighted by Crippen LogP contribution is 2.44. The minimum atomic E-state index is 0.733. The van der Waals surface area contributed by atoms with E-state index in [0.29, 0.717) is 0 Å². The van der Waals surface area contributed by atoms with Crippen molar-refractivity contribution in [2.45, 2.75) is 58.8 Å². The Morgan fingerprint density at radius 3 is 2.58 bits per heavy atom. The quantitative estimate of drug-likeness (QED) is 0.783. The average molecular weight is 257 g/mol. The predicted octanol–water partition coefficient (Wildman–Crippen LogP) is 5.03. The summed E-state index contributed by atoms with van der Waals surface area (Å²) in [7, 11) is 0. The van der Waals surface area contributed by atoms with Crippen molar-refractivity contribution in [2.75, 3.05) is 11.9 Å². The lowest BCUT2D eigenvalue weighted by Crippen LogP contribution is -2.23. The topological polar surface area (TPSA) is 12.0 Å². The molecule has 0 saturated heterocycles. The van der Waals surface area contributed by atoms with Gasteiger partial charge >= 0.3 is 0 Å². The van der Waals surface area contributed by atoms with Gasteiger partial charge in [-0.25, -0.2) is 0 Å². The fourth-order valence-electron chi connectivity index (χ4n) is 4.31. The highest BCUT2D eigenvalue weighted by Gasteiger charge is 2.33. The molecule has 0 amide bonds. The Kier molecular flexibility index (Phi) is 3.56. The molecule has 0 bridgehead atoms. The van der Waals surface area contributed by atoms with Crippen LogP contribution in [0.5, 0.6) is 0 Å². The minimum absolute atomic E-state index is 0.733. The van der Waals surface area contributed by atoms with E-state index in [2.05, 4.69) is 38.2 Å². The van der Waals surface area contributed by atoms with Crippen molar-refractivity contribution >= 4 is 5.69 Å². The lowest BCUT2D eigenvalue weighted by Gasteiger charge is -2.31. The normalized spacial score (nSPS) is 24.9. The fraction of sp³-hybridized carbons (Fsp3) is 0.667. The van der Waals surface area contributed by atoms with Crippen LogP contribution in [0, 0.1) is 25.7 Å². The highest BCUT2D eigenvalue weighted by atomic mass is 14.9. The van der Waals surface area contributed by atoms with Gasteiger partial charge in [0.2, 0.25) is 0 Å². The number of rotatable bonds is 2. The number of hydrogen-bond acceptors (Lipinski definition) is 1. The smallest absolute Gasteiger partial charge is 0.0406 e. The number of anilines is 1. The summed E-state index contributed by atoms with van der Waals surface area (Å²) in [6, 6.07) is 4.73. The molecule has 104 valence electrons. The zero-order valence-electron chi connectivity index (χ0n) is 12.6. The van der Waals surface area contributed by atoms with Gasteiger partial charge < -0.3 is 5.32 Å². The summed E-state index contributed by atoms with van der Waals surface area (Å²) in [5.74, 6) is 2.51. The van der Waals surface area contributed by atoms with Crippen molar-refractivity contribution in [3.8, 4) is 0 Å². The van der Waals surface area contributed by atoms with Crippen LogP contribution in [0.1, 0.15) is 61.6 Å². The number of fused-ring (bicyclic) bond motifs is 1. The van der Waals surface area contributed by atoms with E-state index in [-0.39, 0.29) is 0 Å². The van der Waals surface area contributed by atoms with Gasteiger partial charge in [0.05, 0.1) is 0 Å². The van der Waals surface area contributed by atoms with E-state index in [1.165, 1.54) is 48.9 Å². The lowest BCUT2D eigenvalue weighted by molar-refractivity contribution is 0.238. The maximum Gasteiger partial charge on any atom is 0.0406 e. The maximum atomic E-state index is 3.67. The fourth-order valence-corrected chi connectivity index (χ4v) is 4.31. The van der Waals surface area contributed by atoms with Crippen molar-refractivity contribution < 1.29 is 0 Å². The summed E-state index contributed by atoms with van der Waals surface area (Å²) in [6.07, 6.45) is 7.28. The number of hydrogen-bond donors (Lipinski definition) is 1. The van der Waals surface area contributed by atoms with Crippen molar-refractivity contribution in [1.29, 1.82) is 0 Å². The van der Waals surface area contributed by atoms with Crippen molar-refractivity contribution in [2.24, 2.45) is 11.8 Å². The van der Waals surface area contributed by atoms with Gasteiger partial charge in [-0.05, 0) is 36.8 Å². The van der Waals surface area contributed by atoms with E-state index in [1.807, 2.05) is 0 Å². The minimum Gasteiger partial charge on any atom is -0.384 e. The molecule has 2 aliphatic rings. The van der Waals surface area contributed by atoms with Crippen LogP contribution < -0.4 is 5.32 Å². The Morgan fingerprint density at radius 2 is 1.84 bits per heavy atom. The molecule has 2 unspecified atom stereocenters. The number of benzene rings is 1. The first kappa shape index (κ1) is 13.0. The number of nitrogens with one attached hydrogen (secondary N) is 1. The SMILES string of the molecule is Cc1cc(C)c2c(c1)C(C(C)C1CCCCC1)CN2. The third-order valence-electron chi connectivity index (χ3n) is 5.44. The molecule has 1 aliphatic carbocycles. The molecule has 1 heterocycles. The Balaban J connectivity index is 1.85. The summed E-state index contributed by atoms with van der Waals surface area (Å²) in [6.45, 7) is 8.12. The van der Waals surface area contributed by atoms with E-state index in [9.17, 15) is 0 Å². The Labute approximate surface area is 117 Å². The highest BCUT2D eigenvalue weighted by molar-refractivity contribution is 5.64. The summed E-state index contributed by atoms with van der Waals surface area (Å²) in [4.78, 5) is 0. The molecule has 19 heavy (non-hydrogen) atoms. The molecule has 1 fully saturated rings. The largest absolute Gasteiger partial charge is 0.384 e. The molecular weight excluding hydrogens is 230 g/mol. The second-order valence-corrected chi connectivity index (χ2v) is 6.79. The van der Waals surface area contributed by atoms with Gasteiger partial charge in [0, 0.05) is 18.2 Å². The Bertz CT molecular complexity index is 457. The molecule has 1 aromatic carbocycles. The van der Waals surface area contributed by atoms with E-state index < -0.39 is 0 Å². The van der Waals surface area contributed by atoms with Crippen molar-refractivity contribution in [1.82, 2.24) is 0 Å². The van der Waals surface area contributed by atoms with Crippen LogP contribution in [-0.4, -0.2) is 6.54 Å². The summed E-state index contributed by atoms with van der Waals surface area (Å²) in [5, 5.41) is 3.67. The van der Waals surface area contributed by atoms with Crippen LogP contribution in [0.2, 0.25) is 0 Å². The molecule has 2 atom stereocenters. The molecule has 1 heteroatoms. The number of aryl methyl sites for hydroxylation is 2. The first-order chi connectivity index (χ1) is 9.16. The average Bonchev–Trinajstić information content (AvgIpc) is 2.83. The van der Waals surface area contributed by atoms with Crippen LogP contribution in [-0.2, 0) is 0 Å². The van der Waals surface area contributed by atoms with E-state index >= 15 is 0 Å². The molecule has 1 aliphatic heterocycles. The van der Waals surface area contributed by atoms with E-state index in [1.54, 1.807) is 5.56 Å². The van der Waals surface area contributed by atoms with Crippen LogP contribution in [0.15, 0.2) is 12.1 Å². The first-order valence-electron chi connectivity index (χ1n) is 8.02. The molecule has 3 rings (SSSR count). The second kappa shape index (κ2) is 5.19. The third kappa shape index (κ3) is 2.40. The molecule has 0 aromatic heterocycles. The van der Waals surface area contributed by atoms with E-state index in [0.717, 1.165) is 24.3 Å². The maximum absolute atomic E-state index is 3.67. The van der Waals surface area contributed by atoms with E-state index in [4.69, 9.17) is 0 Å². The van der Waals surface area contributed by atoms with Gasteiger partial charge in [0.1, 0.15) is 0 Å². The van der Waals surface area contributed by atoms with Crippen LogP contribution in [0.3, 0.4) is 0 Å². The monoisotopic (exact) mass is 257 g/mol.